The van der Waals surface area contributed by atoms with E-state index in [0.29, 0.717) is 22.0 Å². The van der Waals surface area contributed by atoms with Gasteiger partial charge in [0.2, 0.25) is 5.82 Å². The fourth-order valence-electron chi connectivity index (χ4n) is 3.13. The average molecular weight is 467 g/mol. The Kier molecular flexibility index (Phi) is 6.96. The number of hydrogen-bond acceptors (Lipinski definition) is 6. The van der Waals surface area contributed by atoms with Crippen LogP contribution in [0.2, 0.25) is 5.02 Å². The summed E-state index contributed by atoms with van der Waals surface area (Å²) in [4.78, 5) is 20.8. The number of aromatic nitrogens is 2. The molecule has 2 N–H and O–H groups in total. The smallest absolute Gasteiger partial charge is 0.289 e. The van der Waals surface area contributed by atoms with Crippen molar-refractivity contribution >= 4 is 33.0 Å². The first-order chi connectivity index (χ1) is 14.5. The molecule has 2 aromatic rings. The van der Waals surface area contributed by atoms with E-state index in [4.69, 9.17) is 11.6 Å². The summed E-state index contributed by atoms with van der Waals surface area (Å²) in [6, 6.07) is 3.77. The number of carbonyl (C=O) groups is 1. The number of rotatable bonds is 8. The lowest BCUT2D eigenvalue weighted by Crippen LogP contribution is -2.32. The summed E-state index contributed by atoms with van der Waals surface area (Å²) in [6.45, 7) is 3.36. The summed E-state index contributed by atoms with van der Waals surface area (Å²) >= 11 is 6.26. The number of benzene rings is 1. The predicted molar refractivity (Wildman–Crippen MR) is 118 cm³/mol. The van der Waals surface area contributed by atoms with Crippen molar-refractivity contribution in [3.05, 3.63) is 63.8 Å². The van der Waals surface area contributed by atoms with Crippen molar-refractivity contribution in [2.75, 3.05) is 11.6 Å². The average Bonchev–Trinajstić information content (AvgIpc) is 3.51. The number of carbonyl (C=O) groups excluding carboxylic acids is 1. The summed E-state index contributed by atoms with van der Waals surface area (Å²) in [5.41, 5.74) is 1.52. The fraction of sp³-hybridized carbons (Fsp3) is 0.381. The van der Waals surface area contributed by atoms with Gasteiger partial charge in [-0.05, 0) is 44.7 Å². The van der Waals surface area contributed by atoms with Gasteiger partial charge in [0.15, 0.2) is 9.84 Å². The second kappa shape index (κ2) is 9.32. The van der Waals surface area contributed by atoms with Gasteiger partial charge in [0, 0.05) is 28.3 Å². The lowest BCUT2D eigenvalue weighted by Gasteiger charge is -2.22. The normalized spacial score (nSPS) is 16.2. The van der Waals surface area contributed by atoms with E-state index in [-0.39, 0.29) is 23.6 Å². The maximum Gasteiger partial charge on any atom is 0.289 e. The van der Waals surface area contributed by atoms with Crippen molar-refractivity contribution < 1.29 is 17.6 Å². The van der Waals surface area contributed by atoms with E-state index < -0.39 is 21.8 Å². The Morgan fingerprint density at radius 1 is 1.35 bits per heavy atom. The highest BCUT2D eigenvalue weighted by Gasteiger charge is 2.35. The summed E-state index contributed by atoms with van der Waals surface area (Å²) in [5, 5.41) is 7.30. The van der Waals surface area contributed by atoms with Crippen LogP contribution in [0.3, 0.4) is 0 Å². The second-order valence-corrected chi connectivity index (χ2v) is 10.0. The largest absolute Gasteiger partial charge is 0.375 e. The van der Waals surface area contributed by atoms with Crippen molar-refractivity contribution in [1.82, 2.24) is 15.3 Å². The highest BCUT2D eigenvalue weighted by atomic mass is 35.5. The van der Waals surface area contributed by atoms with Crippen LogP contribution in [0, 0.1) is 18.7 Å². The number of sulfone groups is 1. The van der Waals surface area contributed by atoms with Crippen LogP contribution in [0.4, 0.5) is 10.1 Å². The van der Waals surface area contributed by atoms with Crippen LogP contribution >= 0.6 is 11.6 Å². The zero-order chi connectivity index (χ0) is 22.8. The Morgan fingerprint density at radius 3 is 2.65 bits per heavy atom. The molecular formula is C21H24ClFN4O3S. The first-order valence-electron chi connectivity index (χ1n) is 9.78. The molecule has 10 heteroatoms. The molecule has 3 rings (SSSR count). The maximum atomic E-state index is 14.5. The standard InChI is InChI=1S/C21H24ClFN4O3S/c1-12(9-10-31(3,29)30)25-21(28)20-24-11-17(13(2)26-20)27-19(14-7-8-14)18-15(22)5-4-6-16(18)23/h4-6,9-12,14,19,27H,7-8H2,1-3H3,(H,25,28)/b10-9+/t12-,19-/m1/s1. The van der Waals surface area contributed by atoms with Crippen LogP contribution in [0.1, 0.15) is 47.7 Å². The molecule has 1 aromatic carbocycles. The molecule has 0 unspecified atom stereocenters. The molecule has 1 amide bonds. The zero-order valence-corrected chi connectivity index (χ0v) is 19.0. The van der Waals surface area contributed by atoms with Crippen LogP contribution in [0.25, 0.3) is 0 Å². The first-order valence-corrected chi connectivity index (χ1v) is 12.1. The van der Waals surface area contributed by atoms with Gasteiger partial charge in [0.05, 0.1) is 23.6 Å². The Balaban J connectivity index is 1.76. The van der Waals surface area contributed by atoms with E-state index in [0.717, 1.165) is 24.5 Å². The summed E-state index contributed by atoms with van der Waals surface area (Å²) in [5.74, 6) is -0.701. The maximum absolute atomic E-state index is 14.5. The van der Waals surface area contributed by atoms with Crippen LogP contribution < -0.4 is 10.6 Å². The lowest BCUT2D eigenvalue weighted by atomic mass is 10.0. The fourth-order valence-corrected chi connectivity index (χ4v) is 3.93. The Labute approximate surface area is 186 Å². The third-order valence-corrected chi connectivity index (χ3v) is 5.85. The van der Waals surface area contributed by atoms with E-state index in [1.54, 1.807) is 26.0 Å². The number of nitrogens with one attached hydrogen (secondary N) is 2. The number of halogens is 2. The molecule has 31 heavy (non-hydrogen) atoms. The molecule has 0 spiro atoms. The third-order valence-electron chi connectivity index (χ3n) is 4.87. The van der Waals surface area contributed by atoms with E-state index in [9.17, 15) is 17.6 Å². The number of aryl methyl sites for hydroxylation is 1. The molecule has 2 atom stereocenters. The van der Waals surface area contributed by atoms with Gasteiger partial charge in [-0.15, -0.1) is 0 Å². The number of hydrogen-bond donors (Lipinski definition) is 2. The van der Waals surface area contributed by atoms with Gasteiger partial charge in [0.1, 0.15) is 5.82 Å². The molecular weight excluding hydrogens is 443 g/mol. The number of anilines is 1. The zero-order valence-electron chi connectivity index (χ0n) is 17.4. The van der Waals surface area contributed by atoms with Gasteiger partial charge in [-0.25, -0.2) is 22.8 Å². The van der Waals surface area contributed by atoms with Crippen LogP contribution in [-0.4, -0.2) is 36.6 Å². The van der Waals surface area contributed by atoms with E-state index in [1.165, 1.54) is 18.3 Å². The summed E-state index contributed by atoms with van der Waals surface area (Å²) in [6.07, 6.45) is 5.84. The van der Waals surface area contributed by atoms with Gasteiger partial charge >= 0.3 is 0 Å². The SMILES string of the molecule is Cc1nc(C(=O)N[C@H](C)/C=C/S(C)(=O)=O)ncc1N[C@@H](c1c(F)cccc1Cl)C1CC1. The van der Waals surface area contributed by atoms with Crippen molar-refractivity contribution in [1.29, 1.82) is 0 Å². The molecule has 1 heterocycles. The minimum absolute atomic E-state index is 0.0467. The van der Waals surface area contributed by atoms with E-state index >= 15 is 0 Å². The second-order valence-electron chi connectivity index (χ2n) is 7.71. The summed E-state index contributed by atoms with van der Waals surface area (Å²) < 4.78 is 36.9. The van der Waals surface area contributed by atoms with Crippen molar-refractivity contribution in [3.8, 4) is 0 Å². The Morgan fingerprint density at radius 2 is 2.06 bits per heavy atom. The van der Waals surface area contributed by atoms with Gasteiger partial charge in [-0.2, -0.15) is 0 Å². The van der Waals surface area contributed by atoms with Crippen molar-refractivity contribution in [2.24, 2.45) is 5.92 Å². The highest BCUT2D eigenvalue weighted by molar-refractivity contribution is 7.93. The minimum Gasteiger partial charge on any atom is -0.375 e. The monoisotopic (exact) mass is 466 g/mol. The Hall–Kier alpha value is -2.52. The van der Waals surface area contributed by atoms with Crippen molar-refractivity contribution in [3.63, 3.8) is 0 Å². The molecule has 1 aliphatic carbocycles. The van der Waals surface area contributed by atoms with Gasteiger partial charge in [-0.3, -0.25) is 4.79 Å². The highest BCUT2D eigenvalue weighted by Crippen LogP contribution is 2.45. The molecule has 0 bridgehead atoms. The van der Waals surface area contributed by atoms with Crippen molar-refractivity contribution in [2.45, 2.75) is 38.8 Å². The topological polar surface area (TPSA) is 101 Å². The molecule has 1 aliphatic rings. The molecule has 7 nitrogen and oxygen atoms in total. The molecule has 0 radical (unpaired) electrons. The number of nitrogens with zero attached hydrogens (tertiary/aromatic N) is 2. The molecule has 166 valence electrons. The first kappa shape index (κ1) is 23.1. The van der Waals surface area contributed by atoms with Crippen LogP contribution in [0.15, 0.2) is 35.9 Å². The van der Waals surface area contributed by atoms with E-state index in [2.05, 4.69) is 20.6 Å². The van der Waals surface area contributed by atoms with Crippen LogP contribution in [0.5, 0.6) is 0 Å². The lowest BCUT2D eigenvalue weighted by molar-refractivity contribution is 0.0936. The van der Waals surface area contributed by atoms with E-state index in [1.807, 2.05) is 0 Å². The molecule has 1 saturated carbocycles. The van der Waals surface area contributed by atoms with Gasteiger partial charge in [-0.1, -0.05) is 23.7 Å². The third kappa shape index (κ3) is 6.24. The molecule has 0 saturated heterocycles. The number of amides is 1. The van der Waals surface area contributed by atoms with Gasteiger partial charge in [0.25, 0.3) is 5.91 Å². The summed E-state index contributed by atoms with van der Waals surface area (Å²) in [7, 11) is -3.28. The minimum atomic E-state index is -3.28. The van der Waals surface area contributed by atoms with Gasteiger partial charge < -0.3 is 10.6 Å². The molecule has 0 aliphatic heterocycles. The molecule has 1 aromatic heterocycles. The molecule has 1 fully saturated rings. The predicted octanol–water partition coefficient (Wildman–Crippen LogP) is 3.82. The quantitative estimate of drug-likeness (QED) is 0.613. The van der Waals surface area contributed by atoms with Crippen LogP contribution in [-0.2, 0) is 9.84 Å². The Bertz CT molecular complexity index is 1100.